The Morgan fingerprint density at radius 1 is 1.12 bits per heavy atom. The fourth-order valence-electron chi connectivity index (χ4n) is 4.71. The van der Waals surface area contributed by atoms with Crippen LogP contribution in [0.25, 0.3) is 17.5 Å². The van der Waals surface area contributed by atoms with Crippen molar-refractivity contribution in [3.05, 3.63) is 70.9 Å². The van der Waals surface area contributed by atoms with E-state index in [1.807, 2.05) is 44.2 Å². The molecule has 1 heterocycles. The molecule has 1 saturated carbocycles. The molecule has 1 atom stereocenters. The summed E-state index contributed by atoms with van der Waals surface area (Å²) in [5.74, 6) is 1.33. The van der Waals surface area contributed by atoms with Gasteiger partial charge in [-0.2, -0.15) is 4.98 Å². The molecule has 2 N–H and O–H groups in total. The molecule has 180 valence electrons. The van der Waals surface area contributed by atoms with E-state index in [9.17, 15) is 9.50 Å². The van der Waals surface area contributed by atoms with Gasteiger partial charge in [-0.25, -0.2) is 4.39 Å². The number of aliphatic hydroxyl groups excluding tert-OH is 2. The lowest BCUT2D eigenvalue weighted by Gasteiger charge is -2.35. The molecule has 34 heavy (non-hydrogen) atoms. The SMILES string of the molecule is Cc1cc(-c2noc(/C=C/C3(c4ccc(F)cc4)CCCCC3)n2)cc(C)c1OC[C@@H](O)CO. The van der Waals surface area contributed by atoms with Gasteiger partial charge in [0.25, 0.3) is 5.89 Å². The molecule has 0 radical (unpaired) electrons. The van der Waals surface area contributed by atoms with Crippen molar-refractivity contribution in [2.45, 2.75) is 57.5 Å². The first kappa shape index (κ1) is 24.1. The second-order valence-corrected chi connectivity index (χ2v) is 9.10. The lowest BCUT2D eigenvalue weighted by molar-refractivity contribution is 0.0532. The molecular weight excluding hydrogens is 435 g/mol. The van der Waals surface area contributed by atoms with Crippen molar-refractivity contribution >= 4 is 6.08 Å². The maximum atomic E-state index is 13.5. The molecule has 1 aromatic heterocycles. The number of hydrogen-bond acceptors (Lipinski definition) is 6. The van der Waals surface area contributed by atoms with Crippen LogP contribution in [0, 0.1) is 19.7 Å². The van der Waals surface area contributed by atoms with Gasteiger partial charge in [0.2, 0.25) is 5.82 Å². The summed E-state index contributed by atoms with van der Waals surface area (Å²) in [5, 5.41) is 22.7. The zero-order valence-corrected chi connectivity index (χ0v) is 19.6. The van der Waals surface area contributed by atoms with Crippen LogP contribution in [0.5, 0.6) is 5.75 Å². The number of aromatic nitrogens is 2. The van der Waals surface area contributed by atoms with Crippen LogP contribution in [0.4, 0.5) is 4.39 Å². The zero-order valence-electron chi connectivity index (χ0n) is 19.6. The van der Waals surface area contributed by atoms with Crippen molar-refractivity contribution in [3.8, 4) is 17.1 Å². The molecular formula is C27H31FN2O4. The minimum atomic E-state index is -0.924. The predicted molar refractivity (Wildman–Crippen MR) is 128 cm³/mol. The fourth-order valence-corrected chi connectivity index (χ4v) is 4.71. The number of benzene rings is 2. The van der Waals surface area contributed by atoms with E-state index in [-0.39, 0.29) is 24.4 Å². The molecule has 0 bridgehead atoms. The standard InChI is InChI=1S/C27H31FN2O4/c1-18-14-20(15-19(2)25(18)33-17-23(32)16-31)26-29-24(34-30-26)10-13-27(11-4-3-5-12-27)21-6-8-22(28)9-7-21/h6-10,13-15,23,31-32H,3-5,11-12,16-17H2,1-2H3/b13-10+/t23-/m0/s1. The molecule has 3 aromatic rings. The van der Waals surface area contributed by atoms with E-state index < -0.39 is 6.10 Å². The van der Waals surface area contributed by atoms with E-state index in [0.29, 0.717) is 17.5 Å². The summed E-state index contributed by atoms with van der Waals surface area (Å²) in [6.45, 7) is 3.49. The maximum Gasteiger partial charge on any atom is 0.250 e. The van der Waals surface area contributed by atoms with E-state index in [1.165, 1.54) is 18.6 Å². The zero-order chi connectivity index (χ0) is 24.1. The monoisotopic (exact) mass is 466 g/mol. The van der Waals surface area contributed by atoms with Crippen molar-refractivity contribution in [2.75, 3.05) is 13.2 Å². The Balaban J connectivity index is 1.55. The quantitative estimate of drug-likeness (QED) is 0.478. The van der Waals surface area contributed by atoms with Gasteiger partial charge in [0.1, 0.15) is 24.3 Å². The molecule has 4 rings (SSSR count). The second kappa shape index (κ2) is 10.5. The highest BCUT2D eigenvalue weighted by Crippen LogP contribution is 2.41. The molecule has 6 nitrogen and oxygen atoms in total. The highest BCUT2D eigenvalue weighted by molar-refractivity contribution is 5.62. The third-order valence-electron chi connectivity index (χ3n) is 6.50. The first-order valence-electron chi connectivity index (χ1n) is 11.7. The molecule has 1 fully saturated rings. The van der Waals surface area contributed by atoms with E-state index in [0.717, 1.165) is 47.9 Å². The number of nitrogens with zero attached hydrogens (tertiary/aromatic N) is 2. The summed E-state index contributed by atoms with van der Waals surface area (Å²) in [6, 6.07) is 10.6. The molecule has 1 aliphatic carbocycles. The maximum absolute atomic E-state index is 13.5. The van der Waals surface area contributed by atoms with Gasteiger partial charge in [0.15, 0.2) is 0 Å². The van der Waals surface area contributed by atoms with Gasteiger partial charge < -0.3 is 19.5 Å². The molecule has 1 aliphatic rings. The third kappa shape index (κ3) is 5.37. The first-order valence-corrected chi connectivity index (χ1v) is 11.7. The number of rotatable bonds is 8. The van der Waals surface area contributed by atoms with Gasteiger partial charge in [-0.1, -0.05) is 42.6 Å². The summed E-state index contributed by atoms with van der Waals surface area (Å²) in [5.41, 5.74) is 3.50. The van der Waals surface area contributed by atoms with Crippen LogP contribution >= 0.6 is 0 Å². The topological polar surface area (TPSA) is 88.6 Å². The molecule has 0 amide bonds. The molecule has 2 aromatic carbocycles. The van der Waals surface area contributed by atoms with Crippen LogP contribution in [0.15, 0.2) is 47.0 Å². The van der Waals surface area contributed by atoms with Crippen molar-refractivity contribution in [3.63, 3.8) is 0 Å². The molecule has 0 aliphatic heterocycles. The number of aryl methyl sites for hydroxylation is 2. The summed E-state index contributed by atoms with van der Waals surface area (Å²) in [4.78, 5) is 4.56. The largest absolute Gasteiger partial charge is 0.490 e. The Hall–Kier alpha value is -3.03. The van der Waals surface area contributed by atoms with Gasteiger partial charge in [-0.15, -0.1) is 0 Å². The summed E-state index contributed by atoms with van der Waals surface area (Å²) >= 11 is 0. The molecule has 0 unspecified atom stereocenters. The average molecular weight is 467 g/mol. The number of allylic oxidation sites excluding steroid dienone is 1. The van der Waals surface area contributed by atoms with Crippen molar-refractivity contribution in [1.82, 2.24) is 10.1 Å². The smallest absolute Gasteiger partial charge is 0.250 e. The normalized spacial score (nSPS) is 16.6. The summed E-state index contributed by atoms with van der Waals surface area (Å²) in [7, 11) is 0. The number of hydrogen-bond donors (Lipinski definition) is 2. The van der Waals surface area contributed by atoms with E-state index in [4.69, 9.17) is 14.4 Å². The Labute approximate surface area is 199 Å². The third-order valence-corrected chi connectivity index (χ3v) is 6.50. The van der Waals surface area contributed by atoms with Gasteiger partial charge in [0, 0.05) is 17.1 Å². The Kier molecular flexibility index (Phi) is 7.44. The predicted octanol–water partition coefficient (Wildman–Crippen LogP) is 5.14. The van der Waals surface area contributed by atoms with Crippen LogP contribution in [0.3, 0.4) is 0 Å². The van der Waals surface area contributed by atoms with E-state index in [1.54, 1.807) is 0 Å². The van der Waals surface area contributed by atoms with Crippen molar-refractivity contribution in [2.24, 2.45) is 0 Å². The highest BCUT2D eigenvalue weighted by Gasteiger charge is 2.31. The van der Waals surface area contributed by atoms with Crippen LogP contribution in [-0.2, 0) is 5.41 Å². The minimum absolute atomic E-state index is 0.0183. The molecule has 0 saturated heterocycles. The van der Waals surface area contributed by atoms with E-state index >= 15 is 0 Å². The van der Waals surface area contributed by atoms with Gasteiger partial charge in [-0.05, 0) is 67.6 Å². The second-order valence-electron chi connectivity index (χ2n) is 9.10. The summed E-state index contributed by atoms with van der Waals surface area (Å²) in [6.07, 6.45) is 8.54. The fraction of sp³-hybridized carbons (Fsp3) is 0.407. The van der Waals surface area contributed by atoms with E-state index in [2.05, 4.69) is 16.2 Å². The van der Waals surface area contributed by atoms with Gasteiger partial charge in [-0.3, -0.25) is 0 Å². The molecule has 7 heteroatoms. The Bertz CT molecular complexity index is 1110. The van der Waals surface area contributed by atoms with Crippen LogP contribution in [0.2, 0.25) is 0 Å². The number of halogens is 1. The lowest BCUT2D eigenvalue weighted by atomic mass is 9.69. The van der Waals surface area contributed by atoms with Crippen LogP contribution in [-0.4, -0.2) is 39.7 Å². The highest BCUT2D eigenvalue weighted by atomic mass is 19.1. The first-order chi connectivity index (χ1) is 16.4. The number of ether oxygens (including phenoxy) is 1. The number of aliphatic hydroxyl groups is 2. The Morgan fingerprint density at radius 2 is 1.79 bits per heavy atom. The van der Waals surface area contributed by atoms with Crippen LogP contribution in [0.1, 0.15) is 54.7 Å². The minimum Gasteiger partial charge on any atom is -0.490 e. The van der Waals surface area contributed by atoms with Crippen molar-refractivity contribution in [1.29, 1.82) is 0 Å². The summed E-state index contributed by atoms with van der Waals surface area (Å²) < 4.78 is 24.7. The van der Waals surface area contributed by atoms with Crippen LogP contribution < -0.4 is 4.74 Å². The average Bonchev–Trinajstić information content (AvgIpc) is 3.32. The molecule has 0 spiro atoms. The Morgan fingerprint density at radius 3 is 2.44 bits per heavy atom. The van der Waals surface area contributed by atoms with Gasteiger partial charge >= 0.3 is 0 Å². The lowest BCUT2D eigenvalue weighted by Crippen LogP contribution is -2.26. The van der Waals surface area contributed by atoms with Crippen molar-refractivity contribution < 1.29 is 23.9 Å². The van der Waals surface area contributed by atoms with Gasteiger partial charge in [0.05, 0.1) is 6.61 Å².